The van der Waals surface area contributed by atoms with Crippen LogP contribution in [0.1, 0.15) is 18.5 Å². The summed E-state index contributed by atoms with van der Waals surface area (Å²) in [4.78, 5) is 50.3. The summed E-state index contributed by atoms with van der Waals surface area (Å²) >= 11 is 0. The maximum atomic E-state index is 11.9. The Hall–Kier alpha value is -3.30. The van der Waals surface area contributed by atoms with E-state index in [1.165, 1.54) is 11.1 Å². The summed E-state index contributed by atoms with van der Waals surface area (Å²) in [5, 5.41) is 9.00. The van der Waals surface area contributed by atoms with Crippen molar-refractivity contribution in [2.75, 3.05) is 5.73 Å². The van der Waals surface area contributed by atoms with Gasteiger partial charge in [-0.3, -0.25) is 19.4 Å². The molecule has 0 bridgehead atoms. The van der Waals surface area contributed by atoms with E-state index in [9.17, 15) is 14.4 Å². The van der Waals surface area contributed by atoms with Gasteiger partial charge in [0.25, 0.3) is 5.56 Å². The van der Waals surface area contributed by atoms with E-state index in [0.29, 0.717) is 24.9 Å². The standard InChI is InChI=1S/C15H16N6O4/c16-15-19-12-11(13(23)20-15)18-9(5-17-12)6-21(7-22)10-3-1-8(2-4-10)14(24)25/h1,3,5,7-8,10H,2,4,6H2,(H,24,25)(H3,16,17,19,20,23). The van der Waals surface area contributed by atoms with Crippen molar-refractivity contribution in [1.29, 1.82) is 0 Å². The fourth-order valence-corrected chi connectivity index (χ4v) is 2.75. The predicted octanol–water partition coefficient (Wildman–Crippen LogP) is -0.327. The molecule has 4 N–H and O–H groups in total. The minimum atomic E-state index is -0.876. The van der Waals surface area contributed by atoms with Crippen molar-refractivity contribution in [3.05, 3.63) is 34.4 Å². The van der Waals surface area contributed by atoms with Crippen LogP contribution in [0.25, 0.3) is 11.2 Å². The minimum Gasteiger partial charge on any atom is -0.481 e. The third-order valence-corrected chi connectivity index (χ3v) is 4.05. The van der Waals surface area contributed by atoms with Crippen LogP contribution in [0.15, 0.2) is 23.1 Å². The summed E-state index contributed by atoms with van der Waals surface area (Å²) in [7, 11) is 0. The molecule has 130 valence electrons. The lowest BCUT2D eigenvalue weighted by Gasteiger charge is -2.29. The Balaban J connectivity index is 1.82. The predicted molar refractivity (Wildman–Crippen MR) is 87.3 cm³/mol. The van der Waals surface area contributed by atoms with Crippen LogP contribution in [0.4, 0.5) is 5.95 Å². The lowest BCUT2D eigenvalue weighted by Crippen LogP contribution is -2.35. The number of nitrogens with two attached hydrogens (primary N) is 1. The van der Waals surface area contributed by atoms with Crippen molar-refractivity contribution in [3.8, 4) is 0 Å². The first kappa shape index (κ1) is 16.6. The van der Waals surface area contributed by atoms with Crippen LogP contribution in [0, 0.1) is 5.92 Å². The van der Waals surface area contributed by atoms with Crippen LogP contribution in [0.2, 0.25) is 0 Å². The van der Waals surface area contributed by atoms with Gasteiger partial charge in [0.2, 0.25) is 12.4 Å². The monoisotopic (exact) mass is 344 g/mol. The molecule has 25 heavy (non-hydrogen) atoms. The minimum absolute atomic E-state index is 0.0441. The lowest BCUT2D eigenvalue weighted by atomic mass is 9.92. The van der Waals surface area contributed by atoms with Gasteiger partial charge < -0.3 is 15.7 Å². The first-order valence-electron chi connectivity index (χ1n) is 7.61. The SMILES string of the molecule is Nc1nc2ncc(CN(C=O)C3C=CC(C(=O)O)CC3)nc2c(=O)[nH]1. The zero-order valence-corrected chi connectivity index (χ0v) is 13.1. The van der Waals surface area contributed by atoms with Crippen LogP contribution in [-0.2, 0) is 16.1 Å². The summed E-state index contributed by atoms with van der Waals surface area (Å²) in [5.41, 5.74) is 5.55. The van der Waals surface area contributed by atoms with Crippen LogP contribution in [0.5, 0.6) is 0 Å². The maximum Gasteiger partial charge on any atom is 0.310 e. The lowest BCUT2D eigenvalue weighted by molar-refractivity contribution is -0.140. The third kappa shape index (κ3) is 3.47. The van der Waals surface area contributed by atoms with Crippen LogP contribution < -0.4 is 11.3 Å². The van der Waals surface area contributed by atoms with E-state index in [0.717, 1.165) is 0 Å². The Bertz CT molecular complexity index is 909. The number of nitrogens with one attached hydrogen (secondary N) is 1. The molecule has 2 aromatic heterocycles. The van der Waals surface area contributed by atoms with Gasteiger partial charge >= 0.3 is 5.97 Å². The average molecular weight is 344 g/mol. The van der Waals surface area contributed by atoms with Crippen LogP contribution in [-0.4, -0.2) is 48.4 Å². The molecule has 0 aliphatic heterocycles. The number of carbonyl (C=O) groups excluding carboxylic acids is 1. The second-order valence-corrected chi connectivity index (χ2v) is 5.74. The molecule has 10 heteroatoms. The Morgan fingerprint density at radius 3 is 2.84 bits per heavy atom. The number of fused-ring (bicyclic) bond motifs is 1. The zero-order chi connectivity index (χ0) is 18.0. The molecule has 1 amide bonds. The Morgan fingerprint density at radius 1 is 1.40 bits per heavy atom. The van der Waals surface area contributed by atoms with E-state index < -0.39 is 17.4 Å². The molecule has 0 saturated heterocycles. The number of carbonyl (C=O) groups is 2. The Kier molecular flexibility index (Phi) is 4.42. The van der Waals surface area contributed by atoms with Gasteiger partial charge in [-0.1, -0.05) is 12.2 Å². The Morgan fingerprint density at radius 2 is 2.20 bits per heavy atom. The third-order valence-electron chi connectivity index (χ3n) is 4.05. The van der Waals surface area contributed by atoms with Crippen molar-refractivity contribution in [2.45, 2.75) is 25.4 Å². The number of amides is 1. The molecule has 2 unspecified atom stereocenters. The normalized spacial score (nSPS) is 19.7. The number of hydrogen-bond acceptors (Lipinski definition) is 7. The second kappa shape index (κ2) is 6.67. The van der Waals surface area contributed by atoms with Crippen molar-refractivity contribution < 1.29 is 14.7 Å². The van der Waals surface area contributed by atoms with E-state index in [-0.39, 0.29) is 29.7 Å². The van der Waals surface area contributed by atoms with Gasteiger partial charge in [-0.25, -0.2) is 9.97 Å². The van der Waals surface area contributed by atoms with Crippen molar-refractivity contribution >= 4 is 29.5 Å². The smallest absolute Gasteiger partial charge is 0.310 e. The molecule has 0 aromatic carbocycles. The van der Waals surface area contributed by atoms with Crippen molar-refractivity contribution in [3.63, 3.8) is 0 Å². The van der Waals surface area contributed by atoms with Gasteiger partial charge in [-0.2, -0.15) is 4.98 Å². The van der Waals surface area contributed by atoms with Gasteiger partial charge in [0.1, 0.15) is 0 Å². The highest BCUT2D eigenvalue weighted by Crippen LogP contribution is 2.22. The second-order valence-electron chi connectivity index (χ2n) is 5.74. The van der Waals surface area contributed by atoms with Crippen LogP contribution >= 0.6 is 0 Å². The Labute approximate surface area is 141 Å². The van der Waals surface area contributed by atoms with E-state index in [1.54, 1.807) is 12.2 Å². The number of carboxylic acid groups (broad SMARTS) is 1. The number of rotatable bonds is 5. The molecule has 1 aliphatic rings. The molecule has 2 aromatic rings. The average Bonchev–Trinajstić information content (AvgIpc) is 2.60. The van der Waals surface area contributed by atoms with E-state index in [2.05, 4.69) is 19.9 Å². The number of H-pyrrole nitrogens is 1. The molecule has 0 saturated carbocycles. The zero-order valence-electron chi connectivity index (χ0n) is 13.1. The fraction of sp³-hybridized carbons (Fsp3) is 0.333. The van der Waals surface area contributed by atoms with Crippen LogP contribution in [0.3, 0.4) is 0 Å². The van der Waals surface area contributed by atoms with E-state index in [1.807, 2.05) is 0 Å². The molecule has 0 fully saturated rings. The van der Waals surface area contributed by atoms with E-state index >= 15 is 0 Å². The number of carboxylic acids is 1. The number of hydrogen-bond donors (Lipinski definition) is 3. The quantitative estimate of drug-likeness (QED) is 0.492. The fourth-order valence-electron chi connectivity index (χ4n) is 2.75. The van der Waals surface area contributed by atoms with Crippen molar-refractivity contribution in [1.82, 2.24) is 24.8 Å². The number of nitrogens with zero attached hydrogens (tertiary/aromatic N) is 4. The number of anilines is 1. The summed E-state index contributed by atoms with van der Waals surface area (Å²) < 4.78 is 0. The summed E-state index contributed by atoms with van der Waals surface area (Å²) in [6.45, 7) is 0.142. The molecule has 0 radical (unpaired) electrons. The largest absolute Gasteiger partial charge is 0.481 e. The van der Waals surface area contributed by atoms with Gasteiger partial charge in [-0.15, -0.1) is 0 Å². The molecule has 0 spiro atoms. The molecule has 2 atom stereocenters. The van der Waals surface area contributed by atoms with Gasteiger partial charge in [0, 0.05) is 0 Å². The van der Waals surface area contributed by atoms with Crippen molar-refractivity contribution in [2.24, 2.45) is 5.92 Å². The maximum absolute atomic E-state index is 11.9. The number of aliphatic carboxylic acids is 1. The highest BCUT2D eigenvalue weighted by atomic mass is 16.4. The highest BCUT2D eigenvalue weighted by Gasteiger charge is 2.24. The highest BCUT2D eigenvalue weighted by molar-refractivity contribution is 5.72. The van der Waals surface area contributed by atoms with Gasteiger partial charge in [0.15, 0.2) is 11.2 Å². The summed E-state index contributed by atoms with van der Waals surface area (Å²) in [5.74, 6) is -1.45. The molecule has 3 rings (SSSR count). The van der Waals surface area contributed by atoms with E-state index in [4.69, 9.17) is 10.8 Å². The van der Waals surface area contributed by atoms with Gasteiger partial charge in [-0.05, 0) is 12.8 Å². The molecular weight excluding hydrogens is 328 g/mol. The topological polar surface area (TPSA) is 155 Å². The van der Waals surface area contributed by atoms with Gasteiger partial charge in [0.05, 0.1) is 30.4 Å². The molecule has 10 nitrogen and oxygen atoms in total. The molecule has 2 heterocycles. The number of aromatic nitrogens is 4. The number of nitrogen functional groups attached to an aromatic ring is 1. The first-order chi connectivity index (χ1) is 12.0. The summed E-state index contributed by atoms with van der Waals surface area (Å²) in [6, 6.07) is -0.228. The molecular formula is C15H16N6O4. The molecule has 1 aliphatic carbocycles. The number of aromatic amines is 1. The summed E-state index contributed by atoms with van der Waals surface area (Å²) in [6.07, 6.45) is 6.39. The first-order valence-corrected chi connectivity index (χ1v) is 7.61.